The molecule has 1 amide bonds. The number of amidine groups is 1. The van der Waals surface area contributed by atoms with Gasteiger partial charge >= 0.3 is 0 Å². The average molecular weight is 452 g/mol. The van der Waals surface area contributed by atoms with Crippen molar-refractivity contribution in [2.24, 2.45) is 28.2 Å². The van der Waals surface area contributed by atoms with E-state index in [1.165, 1.54) is 12.8 Å². The van der Waals surface area contributed by atoms with Gasteiger partial charge in [0.05, 0.1) is 5.25 Å². The van der Waals surface area contributed by atoms with Gasteiger partial charge in [0.15, 0.2) is 5.17 Å². The molecule has 0 spiro atoms. The molecular weight excluding hydrogens is 422 g/mol. The van der Waals surface area contributed by atoms with Crippen molar-refractivity contribution in [3.05, 3.63) is 30.3 Å². The Kier molecular flexibility index (Phi) is 6.26. The van der Waals surface area contributed by atoms with Crippen molar-refractivity contribution < 1.29 is 4.79 Å². The van der Waals surface area contributed by atoms with E-state index in [0.717, 1.165) is 35.7 Å². The topological polar surface area (TPSA) is 53.5 Å². The molecular formula is C21H30BrN3OS. The first-order chi connectivity index (χ1) is 12.4. The summed E-state index contributed by atoms with van der Waals surface area (Å²) in [5, 5.41) is 7.77. The fourth-order valence-corrected chi connectivity index (χ4v) is 6.06. The number of carbonyl (C=O) groups excluding carboxylic acids is 1. The summed E-state index contributed by atoms with van der Waals surface area (Å²) in [6.07, 6.45) is 3.38. The molecule has 1 aliphatic heterocycles. The monoisotopic (exact) mass is 451 g/mol. The smallest absolute Gasteiger partial charge is 0.261 e. The molecule has 3 saturated carbocycles. The van der Waals surface area contributed by atoms with Crippen molar-refractivity contribution >= 4 is 45.5 Å². The van der Waals surface area contributed by atoms with E-state index in [-0.39, 0.29) is 28.1 Å². The Bertz CT molecular complexity index is 709. The van der Waals surface area contributed by atoms with Gasteiger partial charge in [-0.3, -0.25) is 4.79 Å². The van der Waals surface area contributed by atoms with Gasteiger partial charge in [0.1, 0.15) is 0 Å². The van der Waals surface area contributed by atoms with E-state index in [1.54, 1.807) is 11.8 Å². The Labute approximate surface area is 177 Å². The van der Waals surface area contributed by atoms with E-state index < -0.39 is 0 Å². The molecule has 1 aromatic carbocycles. The first kappa shape index (κ1) is 20.7. The minimum absolute atomic E-state index is 0. The van der Waals surface area contributed by atoms with Crippen molar-refractivity contribution in [2.75, 3.05) is 11.9 Å². The Morgan fingerprint density at radius 3 is 2.63 bits per heavy atom. The maximum atomic E-state index is 12.3. The lowest BCUT2D eigenvalue weighted by Gasteiger charge is -2.62. The normalized spacial score (nSPS) is 33.5. The number of nitrogens with one attached hydrogen (secondary N) is 2. The second kappa shape index (κ2) is 8.16. The molecule has 1 unspecified atom stereocenters. The summed E-state index contributed by atoms with van der Waals surface area (Å²) in [5.74, 6) is 2.27. The summed E-state index contributed by atoms with van der Waals surface area (Å²) >= 11 is 1.61. The lowest BCUT2D eigenvalue weighted by Crippen LogP contribution is -2.60. The van der Waals surface area contributed by atoms with E-state index >= 15 is 0 Å². The van der Waals surface area contributed by atoms with Crippen LogP contribution in [0, 0.1) is 23.2 Å². The summed E-state index contributed by atoms with van der Waals surface area (Å²) in [6.45, 7) is 7.98. The first-order valence-electron chi connectivity index (χ1n) is 9.80. The fourth-order valence-electron chi connectivity index (χ4n) is 5.03. The van der Waals surface area contributed by atoms with Crippen molar-refractivity contribution in [2.45, 2.75) is 51.3 Å². The second-order valence-electron chi connectivity index (χ2n) is 8.65. The highest BCUT2D eigenvalue weighted by atomic mass is 79.9. The van der Waals surface area contributed by atoms with E-state index in [9.17, 15) is 4.79 Å². The predicted molar refractivity (Wildman–Crippen MR) is 120 cm³/mol. The molecule has 1 aromatic rings. The van der Waals surface area contributed by atoms with Crippen LogP contribution in [0.4, 0.5) is 5.69 Å². The number of halogens is 1. The molecule has 6 heteroatoms. The zero-order chi connectivity index (χ0) is 18.3. The Hall–Kier alpha value is -1.01. The molecule has 5 rings (SSSR count). The average Bonchev–Trinajstić information content (AvgIpc) is 2.96. The second-order valence-corrected chi connectivity index (χ2v) is 9.84. The van der Waals surface area contributed by atoms with E-state index in [1.807, 2.05) is 30.3 Å². The molecule has 4 aliphatic rings. The lowest BCUT2D eigenvalue weighted by atomic mass is 9.45. The molecule has 27 heavy (non-hydrogen) atoms. The van der Waals surface area contributed by atoms with Crippen LogP contribution in [-0.2, 0) is 4.79 Å². The summed E-state index contributed by atoms with van der Waals surface area (Å²) in [6, 6.07) is 10.6. The first-order valence-corrected chi connectivity index (χ1v) is 10.7. The predicted octanol–water partition coefficient (Wildman–Crippen LogP) is 4.72. The van der Waals surface area contributed by atoms with Crippen LogP contribution in [0.15, 0.2) is 35.3 Å². The minimum atomic E-state index is -0.0569. The Morgan fingerprint density at radius 2 is 1.96 bits per heavy atom. The Balaban J connectivity index is 0.00000210. The summed E-state index contributed by atoms with van der Waals surface area (Å²) < 4.78 is 0. The van der Waals surface area contributed by atoms with Gasteiger partial charge in [-0.25, -0.2) is 0 Å². The molecule has 4 nitrogen and oxygen atoms in total. The van der Waals surface area contributed by atoms with Gasteiger partial charge in [0, 0.05) is 18.3 Å². The van der Waals surface area contributed by atoms with Crippen LogP contribution in [0.2, 0.25) is 0 Å². The van der Waals surface area contributed by atoms with E-state index in [0.29, 0.717) is 17.4 Å². The van der Waals surface area contributed by atoms with Crippen LogP contribution in [0.1, 0.15) is 40.0 Å². The number of fused-ring (bicyclic) bond motifs is 2. The number of aliphatic imine (C=N–C) groups is 1. The number of benzene rings is 1. The van der Waals surface area contributed by atoms with Crippen LogP contribution in [-0.4, -0.2) is 28.9 Å². The number of carbonyl (C=O) groups is 1. The van der Waals surface area contributed by atoms with Crippen LogP contribution < -0.4 is 10.6 Å². The summed E-state index contributed by atoms with van der Waals surface area (Å²) in [7, 11) is 0. The van der Waals surface area contributed by atoms with Crippen molar-refractivity contribution in [1.82, 2.24) is 5.32 Å². The zero-order valence-electron chi connectivity index (χ0n) is 16.3. The number of rotatable bonds is 5. The van der Waals surface area contributed by atoms with Gasteiger partial charge in [-0.2, -0.15) is 4.99 Å². The SMILES string of the molecule is Br.C[C@@H]1[C@H]2C[C@@H](C[C@H]1NC1=NC(=O)C(CCNc3ccccc3)S1)C2(C)C. The van der Waals surface area contributed by atoms with Crippen LogP contribution in [0.3, 0.4) is 0 Å². The number of nitrogens with zero attached hydrogens (tertiary/aromatic N) is 1. The maximum Gasteiger partial charge on any atom is 0.261 e. The highest BCUT2D eigenvalue weighted by Gasteiger charge is 2.56. The maximum absolute atomic E-state index is 12.3. The van der Waals surface area contributed by atoms with Crippen molar-refractivity contribution in [3.8, 4) is 0 Å². The molecule has 2 N–H and O–H groups in total. The molecule has 1 heterocycles. The van der Waals surface area contributed by atoms with Gasteiger partial charge in [0.25, 0.3) is 5.91 Å². The molecule has 0 radical (unpaired) electrons. The molecule has 5 atom stereocenters. The molecule has 148 valence electrons. The van der Waals surface area contributed by atoms with Crippen molar-refractivity contribution in [1.29, 1.82) is 0 Å². The van der Waals surface area contributed by atoms with Gasteiger partial charge < -0.3 is 10.6 Å². The van der Waals surface area contributed by atoms with Crippen molar-refractivity contribution in [3.63, 3.8) is 0 Å². The van der Waals surface area contributed by atoms with E-state index in [4.69, 9.17) is 0 Å². The van der Waals surface area contributed by atoms with Crippen LogP contribution in [0.5, 0.6) is 0 Å². The third-order valence-corrected chi connectivity index (χ3v) is 8.07. The highest BCUT2D eigenvalue weighted by Crippen LogP contribution is 2.61. The summed E-state index contributed by atoms with van der Waals surface area (Å²) in [5.41, 5.74) is 1.59. The number of anilines is 1. The summed E-state index contributed by atoms with van der Waals surface area (Å²) in [4.78, 5) is 16.6. The van der Waals surface area contributed by atoms with Gasteiger partial charge in [0.2, 0.25) is 0 Å². The standard InChI is InChI=1S/C21H29N3OS.BrH/c1-13-16-11-14(21(16,2)3)12-17(13)23-20-24-19(25)18(26-20)9-10-22-15-7-5-4-6-8-15;/h4-8,13-14,16-18,22H,9-12H2,1-3H3,(H,23,24,25);1H/t13-,14+,16-,17-,18?;/m1./s1. The number of amides is 1. The molecule has 2 bridgehead atoms. The zero-order valence-corrected chi connectivity index (χ0v) is 18.8. The minimum Gasteiger partial charge on any atom is -0.385 e. The quantitative estimate of drug-likeness (QED) is 0.679. The van der Waals surface area contributed by atoms with Crippen LogP contribution >= 0.6 is 28.7 Å². The molecule has 0 aromatic heterocycles. The number of thioether (sulfide) groups is 1. The van der Waals surface area contributed by atoms with E-state index in [2.05, 4.69) is 36.4 Å². The number of hydrogen-bond donors (Lipinski definition) is 2. The van der Waals surface area contributed by atoms with Gasteiger partial charge in [-0.05, 0) is 54.6 Å². The third kappa shape index (κ3) is 4.07. The van der Waals surface area contributed by atoms with Gasteiger partial charge in [-0.1, -0.05) is 50.7 Å². The van der Waals surface area contributed by atoms with Crippen LogP contribution in [0.25, 0.3) is 0 Å². The highest BCUT2D eigenvalue weighted by molar-refractivity contribution is 8.93. The lowest BCUT2D eigenvalue weighted by molar-refractivity contribution is -0.117. The molecule has 0 saturated heterocycles. The third-order valence-electron chi connectivity index (χ3n) is 6.91. The van der Waals surface area contributed by atoms with Gasteiger partial charge in [-0.15, -0.1) is 17.0 Å². The fraction of sp³-hybridized carbons (Fsp3) is 0.619. The molecule has 3 fully saturated rings. The largest absolute Gasteiger partial charge is 0.385 e. The molecule has 3 aliphatic carbocycles. The Morgan fingerprint density at radius 1 is 1.22 bits per heavy atom. The number of para-hydroxylation sites is 1. The number of hydrogen-bond acceptors (Lipinski definition) is 4.